The van der Waals surface area contributed by atoms with Gasteiger partial charge < -0.3 is 10.4 Å². The summed E-state index contributed by atoms with van der Waals surface area (Å²) in [5, 5.41) is 12.2. The summed E-state index contributed by atoms with van der Waals surface area (Å²) in [4.78, 5) is 10.8. The Morgan fingerprint density at radius 1 is 1.26 bits per heavy atom. The molecule has 19 heavy (non-hydrogen) atoms. The van der Waals surface area contributed by atoms with Crippen LogP contribution in [0, 0.1) is 19.8 Å². The van der Waals surface area contributed by atoms with Crippen molar-refractivity contribution in [1.82, 2.24) is 0 Å². The van der Waals surface area contributed by atoms with Crippen LogP contribution >= 0.6 is 0 Å². The van der Waals surface area contributed by atoms with Gasteiger partial charge in [0, 0.05) is 12.2 Å². The van der Waals surface area contributed by atoms with Crippen LogP contribution in [0.2, 0.25) is 0 Å². The van der Waals surface area contributed by atoms with E-state index in [0.29, 0.717) is 6.54 Å². The van der Waals surface area contributed by atoms with Crippen LogP contribution in [-0.4, -0.2) is 17.6 Å². The predicted octanol–water partition coefficient (Wildman–Crippen LogP) is 3.73. The van der Waals surface area contributed by atoms with Crippen molar-refractivity contribution in [1.29, 1.82) is 0 Å². The zero-order valence-electron chi connectivity index (χ0n) is 12.8. The van der Waals surface area contributed by atoms with E-state index in [1.807, 2.05) is 0 Å². The summed E-state index contributed by atoms with van der Waals surface area (Å²) in [5.41, 5.74) is 4.83. The summed E-state index contributed by atoms with van der Waals surface area (Å²) in [7, 11) is 0. The Bertz CT molecular complexity index is 449. The van der Waals surface area contributed by atoms with Crippen LogP contribution in [0.25, 0.3) is 0 Å². The Labute approximate surface area is 116 Å². The normalized spacial score (nSPS) is 13.2. The number of carbonyl (C=O) groups is 1. The van der Waals surface area contributed by atoms with Crippen LogP contribution < -0.4 is 5.32 Å². The van der Waals surface area contributed by atoms with E-state index in [-0.39, 0.29) is 11.3 Å². The van der Waals surface area contributed by atoms with Gasteiger partial charge in [0.05, 0.1) is 5.92 Å². The highest BCUT2D eigenvalue weighted by Gasteiger charge is 2.17. The number of hydrogen-bond acceptors (Lipinski definition) is 2. The molecule has 3 nitrogen and oxygen atoms in total. The molecule has 1 unspecified atom stereocenters. The smallest absolute Gasteiger partial charge is 0.308 e. The summed E-state index contributed by atoms with van der Waals surface area (Å²) in [5.74, 6) is -1.16. The number of nitrogens with one attached hydrogen (secondary N) is 1. The van der Waals surface area contributed by atoms with Crippen molar-refractivity contribution in [3.05, 3.63) is 28.8 Å². The zero-order chi connectivity index (χ0) is 14.8. The number of rotatable bonds is 4. The number of carboxylic acids is 1. The van der Waals surface area contributed by atoms with Crippen molar-refractivity contribution in [2.45, 2.75) is 47.0 Å². The van der Waals surface area contributed by atoms with Gasteiger partial charge in [-0.25, -0.2) is 0 Å². The van der Waals surface area contributed by atoms with Crippen molar-refractivity contribution in [3.63, 3.8) is 0 Å². The van der Waals surface area contributed by atoms with Crippen LogP contribution in [0.1, 0.15) is 44.4 Å². The highest BCUT2D eigenvalue weighted by molar-refractivity contribution is 5.70. The lowest BCUT2D eigenvalue weighted by molar-refractivity contribution is -0.140. The maximum atomic E-state index is 10.8. The molecule has 2 N–H and O–H groups in total. The minimum atomic E-state index is -0.769. The zero-order valence-corrected chi connectivity index (χ0v) is 12.8. The number of hydrogen-bond donors (Lipinski definition) is 2. The quantitative estimate of drug-likeness (QED) is 0.870. The minimum Gasteiger partial charge on any atom is -0.481 e. The third-order valence-electron chi connectivity index (χ3n) is 3.41. The molecular formula is C16H25NO2. The molecule has 0 aliphatic carbocycles. The number of anilines is 1. The third-order valence-corrected chi connectivity index (χ3v) is 3.41. The molecule has 106 valence electrons. The summed E-state index contributed by atoms with van der Waals surface area (Å²) in [6.45, 7) is 12.9. The Hall–Kier alpha value is -1.51. The van der Waals surface area contributed by atoms with Gasteiger partial charge in [0.2, 0.25) is 0 Å². The Balaban J connectivity index is 2.95. The monoisotopic (exact) mass is 263 g/mol. The van der Waals surface area contributed by atoms with Crippen molar-refractivity contribution in [2.75, 3.05) is 11.9 Å². The maximum absolute atomic E-state index is 10.8. The molecule has 1 rings (SSSR count). The summed E-state index contributed by atoms with van der Waals surface area (Å²) >= 11 is 0. The summed E-state index contributed by atoms with van der Waals surface area (Å²) in [6.07, 6.45) is 0. The van der Waals surface area contributed by atoms with E-state index in [1.54, 1.807) is 6.92 Å². The van der Waals surface area contributed by atoms with E-state index in [2.05, 4.69) is 52.1 Å². The molecule has 0 spiro atoms. The Kier molecular flexibility index (Phi) is 4.61. The molecular weight excluding hydrogens is 238 g/mol. The summed E-state index contributed by atoms with van der Waals surface area (Å²) < 4.78 is 0. The van der Waals surface area contributed by atoms with E-state index in [1.165, 1.54) is 16.7 Å². The second kappa shape index (κ2) is 5.64. The lowest BCUT2D eigenvalue weighted by Crippen LogP contribution is -2.20. The predicted molar refractivity (Wildman–Crippen MR) is 79.9 cm³/mol. The van der Waals surface area contributed by atoms with Gasteiger partial charge in [0.1, 0.15) is 0 Å². The largest absolute Gasteiger partial charge is 0.481 e. The SMILES string of the molecule is Cc1cc(C(C)(C)C)cc(C)c1NCC(C)C(=O)O. The highest BCUT2D eigenvalue weighted by Crippen LogP contribution is 2.29. The van der Waals surface area contributed by atoms with Gasteiger partial charge in [0.15, 0.2) is 0 Å². The van der Waals surface area contributed by atoms with Crippen LogP contribution in [0.15, 0.2) is 12.1 Å². The van der Waals surface area contributed by atoms with Gasteiger partial charge in [0.25, 0.3) is 0 Å². The topological polar surface area (TPSA) is 49.3 Å². The molecule has 0 saturated heterocycles. The molecule has 0 aromatic heterocycles. The van der Waals surface area contributed by atoms with Crippen LogP contribution in [0.3, 0.4) is 0 Å². The lowest BCUT2D eigenvalue weighted by Gasteiger charge is -2.23. The molecule has 1 aromatic carbocycles. The molecule has 0 fully saturated rings. The number of carboxylic acid groups (broad SMARTS) is 1. The molecule has 1 aromatic rings. The van der Waals surface area contributed by atoms with Crippen molar-refractivity contribution in [2.24, 2.45) is 5.92 Å². The van der Waals surface area contributed by atoms with Gasteiger partial charge in [-0.15, -0.1) is 0 Å². The third kappa shape index (κ3) is 3.98. The molecule has 1 atom stereocenters. The van der Waals surface area contributed by atoms with Crippen LogP contribution in [0.5, 0.6) is 0 Å². The fourth-order valence-electron chi connectivity index (χ4n) is 2.02. The average Bonchev–Trinajstić information content (AvgIpc) is 2.25. The molecule has 0 amide bonds. The molecule has 0 saturated carbocycles. The first-order chi connectivity index (χ1) is 8.62. The van der Waals surface area contributed by atoms with Crippen molar-refractivity contribution in [3.8, 4) is 0 Å². The standard InChI is InChI=1S/C16H25NO2/c1-10-7-13(16(4,5)6)8-11(2)14(10)17-9-12(3)15(18)19/h7-8,12,17H,9H2,1-6H3,(H,18,19). The van der Waals surface area contributed by atoms with E-state index in [4.69, 9.17) is 5.11 Å². The van der Waals surface area contributed by atoms with Gasteiger partial charge in [-0.2, -0.15) is 0 Å². The molecule has 0 bridgehead atoms. The van der Waals surface area contributed by atoms with Gasteiger partial charge in [-0.3, -0.25) is 4.79 Å². The van der Waals surface area contributed by atoms with E-state index < -0.39 is 5.97 Å². The van der Waals surface area contributed by atoms with Gasteiger partial charge in [-0.1, -0.05) is 39.8 Å². The number of benzene rings is 1. The van der Waals surface area contributed by atoms with E-state index in [0.717, 1.165) is 5.69 Å². The van der Waals surface area contributed by atoms with Gasteiger partial charge in [-0.05, 0) is 36.0 Å². The first kappa shape index (κ1) is 15.5. The lowest BCUT2D eigenvalue weighted by atomic mass is 9.84. The maximum Gasteiger partial charge on any atom is 0.308 e. The van der Waals surface area contributed by atoms with Crippen molar-refractivity contribution < 1.29 is 9.90 Å². The van der Waals surface area contributed by atoms with Crippen LogP contribution in [-0.2, 0) is 10.2 Å². The molecule has 0 aliphatic heterocycles. The second-order valence-electron chi connectivity index (χ2n) is 6.36. The van der Waals surface area contributed by atoms with E-state index in [9.17, 15) is 4.79 Å². The van der Waals surface area contributed by atoms with Gasteiger partial charge >= 0.3 is 5.97 Å². The number of aliphatic carboxylic acids is 1. The average molecular weight is 263 g/mol. The fraction of sp³-hybridized carbons (Fsp3) is 0.562. The van der Waals surface area contributed by atoms with Crippen molar-refractivity contribution >= 4 is 11.7 Å². The van der Waals surface area contributed by atoms with E-state index >= 15 is 0 Å². The Morgan fingerprint density at radius 2 is 1.74 bits per heavy atom. The highest BCUT2D eigenvalue weighted by atomic mass is 16.4. The molecule has 0 heterocycles. The molecule has 3 heteroatoms. The molecule has 0 radical (unpaired) electrons. The summed E-state index contributed by atoms with van der Waals surface area (Å²) in [6, 6.07) is 4.36. The van der Waals surface area contributed by atoms with Crippen LogP contribution in [0.4, 0.5) is 5.69 Å². The Morgan fingerprint density at radius 3 is 2.11 bits per heavy atom. The first-order valence-electron chi connectivity index (χ1n) is 6.71. The molecule has 0 aliphatic rings. The minimum absolute atomic E-state index is 0.127. The second-order valence-corrected chi connectivity index (χ2v) is 6.36. The fourth-order valence-corrected chi connectivity index (χ4v) is 2.02. The first-order valence-corrected chi connectivity index (χ1v) is 6.71. The number of aryl methyl sites for hydroxylation is 2.